The summed E-state index contributed by atoms with van der Waals surface area (Å²) in [5, 5.41) is 13.7. The second kappa shape index (κ2) is 5.08. The molecule has 0 amide bonds. The van der Waals surface area contributed by atoms with Crippen LogP contribution >= 0.6 is 0 Å². The number of hydrogen-bond donors (Lipinski definition) is 1. The van der Waals surface area contributed by atoms with Gasteiger partial charge in [0.2, 0.25) is 0 Å². The van der Waals surface area contributed by atoms with E-state index >= 15 is 0 Å². The molecule has 5 nitrogen and oxygen atoms in total. The highest BCUT2D eigenvalue weighted by Crippen LogP contribution is 2.41. The number of hydrogen-bond acceptors (Lipinski definition) is 3. The zero-order chi connectivity index (χ0) is 13.2. The van der Waals surface area contributed by atoms with Crippen LogP contribution in [-0.4, -0.2) is 25.8 Å². The average Bonchev–Trinajstić information content (AvgIpc) is 2.79. The third-order valence-electron chi connectivity index (χ3n) is 4.18. The maximum Gasteiger partial charge on any atom is 0.310 e. The minimum atomic E-state index is -0.681. The van der Waals surface area contributed by atoms with Gasteiger partial charge >= 0.3 is 5.97 Å². The molecule has 1 heterocycles. The van der Waals surface area contributed by atoms with Gasteiger partial charge in [0.15, 0.2) is 0 Å². The topological polar surface area (TPSA) is 68.0 Å². The van der Waals surface area contributed by atoms with Crippen LogP contribution in [0.25, 0.3) is 0 Å². The number of carbonyl (C=O) groups is 1. The van der Waals surface area contributed by atoms with E-state index in [1.807, 2.05) is 6.92 Å². The van der Waals surface area contributed by atoms with E-state index in [1.54, 1.807) is 4.68 Å². The summed E-state index contributed by atoms with van der Waals surface area (Å²) in [7, 11) is 0. The lowest BCUT2D eigenvalue weighted by Crippen LogP contribution is -2.38. The molecule has 5 heteroatoms. The van der Waals surface area contributed by atoms with Crippen molar-refractivity contribution in [3.63, 3.8) is 0 Å². The van der Waals surface area contributed by atoms with Gasteiger partial charge in [-0.1, -0.05) is 6.92 Å². The van der Waals surface area contributed by atoms with Crippen LogP contribution in [0.1, 0.15) is 45.4 Å². The Morgan fingerprint density at radius 1 is 1.56 bits per heavy atom. The van der Waals surface area contributed by atoms with Crippen molar-refractivity contribution in [1.29, 1.82) is 0 Å². The SMILES string of the molecule is CCn1ncnc1CC1(C(=O)O)CCC(C)CC1. The molecule has 1 aliphatic rings. The molecule has 0 atom stereocenters. The monoisotopic (exact) mass is 251 g/mol. The second-order valence-corrected chi connectivity index (χ2v) is 5.44. The van der Waals surface area contributed by atoms with Crippen LogP contribution < -0.4 is 0 Å². The van der Waals surface area contributed by atoms with E-state index in [4.69, 9.17) is 0 Å². The summed E-state index contributed by atoms with van der Waals surface area (Å²) in [6.45, 7) is 4.93. The Balaban J connectivity index is 2.19. The lowest BCUT2D eigenvalue weighted by molar-refractivity contribution is -0.151. The Morgan fingerprint density at radius 3 is 2.78 bits per heavy atom. The molecule has 0 spiro atoms. The first-order valence-electron chi connectivity index (χ1n) is 6.67. The zero-order valence-electron chi connectivity index (χ0n) is 11.1. The van der Waals surface area contributed by atoms with Crippen LogP contribution in [-0.2, 0) is 17.8 Å². The van der Waals surface area contributed by atoms with E-state index in [2.05, 4.69) is 17.0 Å². The average molecular weight is 251 g/mol. The quantitative estimate of drug-likeness (QED) is 0.890. The molecule has 0 radical (unpaired) electrons. The third-order valence-corrected chi connectivity index (χ3v) is 4.18. The van der Waals surface area contributed by atoms with Gasteiger partial charge in [0.25, 0.3) is 0 Å². The van der Waals surface area contributed by atoms with E-state index in [-0.39, 0.29) is 0 Å². The molecule has 0 unspecified atom stereocenters. The number of aromatic nitrogens is 3. The van der Waals surface area contributed by atoms with Crippen LogP contribution in [0.15, 0.2) is 6.33 Å². The highest BCUT2D eigenvalue weighted by molar-refractivity contribution is 5.75. The van der Waals surface area contributed by atoms with E-state index in [0.29, 0.717) is 12.3 Å². The molecule has 18 heavy (non-hydrogen) atoms. The first kappa shape index (κ1) is 13.1. The van der Waals surface area contributed by atoms with Gasteiger partial charge in [0, 0.05) is 13.0 Å². The zero-order valence-corrected chi connectivity index (χ0v) is 11.1. The van der Waals surface area contributed by atoms with Crippen molar-refractivity contribution in [2.45, 2.75) is 52.5 Å². The fourth-order valence-corrected chi connectivity index (χ4v) is 2.77. The van der Waals surface area contributed by atoms with Crippen molar-refractivity contribution >= 4 is 5.97 Å². The van der Waals surface area contributed by atoms with E-state index in [1.165, 1.54) is 6.33 Å². The molecule has 1 N–H and O–H groups in total. The summed E-state index contributed by atoms with van der Waals surface area (Å²) >= 11 is 0. The number of carboxylic acid groups (broad SMARTS) is 1. The van der Waals surface area contributed by atoms with Crippen LogP contribution in [0, 0.1) is 11.3 Å². The number of nitrogens with zero attached hydrogens (tertiary/aromatic N) is 3. The molecule has 100 valence electrons. The summed E-state index contributed by atoms with van der Waals surface area (Å²) < 4.78 is 1.79. The van der Waals surface area contributed by atoms with Crippen molar-refractivity contribution < 1.29 is 9.90 Å². The van der Waals surface area contributed by atoms with E-state index < -0.39 is 11.4 Å². The molecule has 1 aromatic heterocycles. The van der Waals surface area contributed by atoms with E-state index in [9.17, 15) is 9.90 Å². The summed E-state index contributed by atoms with van der Waals surface area (Å²) in [5.74, 6) is 0.760. The van der Waals surface area contributed by atoms with Crippen molar-refractivity contribution in [3.8, 4) is 0 Å². The number of rotatable bonds is 4. The van der Waals surface area contributed by atoms with E-state index in [0.717, 1.165) is 38.1 Å². The first-order valence-corrected chi connectivity index (χ1v) is 6.67. The Morgan fingerprint density at radius 2 is 2.22 bits per heavy atom. The molecule has 1 fully saturated rings. The molecular weight excluding hydrogens is 230 g/mol. The van der Waals surface area contributed by atoms with Gasteiger partial charge in [-0.3, -0.25) is 9.48 Å². The fraction of sp³-hybridized carbons (Fsp3) is 0.769. The summed E-state index contributed by atoms with van der Waals surface area (Å²) in [6, 6.07) is 0. The largest absolute Gasteiger partial charge is 0.481 e. The molecule has 0 aliphatic heterocycles. The predicted molar refractivity (Wildman–Crippen MR) is 67.1 cm³/mol. The van der Waals surface area contributed by atoms with Crippen molar-refractivity contribution in [3.05, 3.63) is 12.2 Å². The van der Waals surface area contributed by atoms with Crippen molar-refractivity contribution in [1.82, 2.24) is 14.8 Å². The van der Waals surface area contributed by atoms with Crippen LogP contribution in [0.5, 0.6) is 0 Å². The van der Waals surface area contributed by atoms with Crippen LogP contribution in [0.2, 0.25) is 0 Å². The molecule has 1 aliphatic carbocycles. The molecule has 0 saturated heterocycles. The number of carboxylic acids is 1. The highest BCUT2D eigenvalue weighted by atomic mass is 16.4. The van der Waals surface area contributed by atoms with Crippen LogP contribution in [0.4, 0.5) is 0 Å². The lowest BCUT2D eigenvalue weighted by atomic mass is 9.69. The third kappa shape index (κ3) is 2.40. The number of aliphatic carboxylic acids is 1. The highest BCUT2D eigenvalue weighted by Gasteiger charge is 2.42. The summed E-state index contributed by atoms with van der Waals surface area (Å²) in [5.41, 5.74) is -0.632. The maximum atomic E-state index is 11.7. The Labute approximate surface area is 107 Å². The van der Waals surface area contributed by atoms with Gasteiger partial charge in [0.05, 0.1) is 5.41 Å². The van der Waals surface area contributed by atoms with Gasteiger partial charge in [-0.25, -0.2) is 4.98 Å². The van der Waals surface area contributed by atoms with Crippen molar-refractivity contribution in [2.24, 2.45) is 11.3 Å². The van der Waals surface area contributed by atoms with Gasteiger partial charge in [-0.05, 0) is 38.5 Å². The molecule has 2 rings (SSSR count). The Kier molecular flexibility index (Phi) is 3.68. The smallest absolute Gasteiger partial charge is 0.310 e. The standard InChI is InChI=1S/C13H21N3O2/c1-3-16-11(14-9-15-16)8-13(12(17)18)6-4-10(2)5-7-13/h9-10H,3-8H2,1-2H3,(H,17,18). The minimum absolute atomic E-state index is 0.503. The van der Waals surface area contributed by atoms with Crippen molar-refractivity contribution in [2.75, 3.05) is 0 Å². The number of aryl methyl sites for hydroxylation is 1. The maximum absolute atomic E-state index is 11.7. The van der Waals surface area contributed by atoms with Gasteiger partial charge in [0.1, 0.15) is 12.2 Å². The Hall–Kier alpha value is -1.39. The predicted octanol–water partition coefficient (Wildman–Crippen LogP) is 2.12. The normalized spacial score (nSPS) is 28.2. The molecule has 0 aromatic carbocycles. The first-order chi connectivity index (χ1) is 8.57. The molecule has 1 aromatic rings. The summed E-state index contributed by atoms with van der Waals surface area (Å²) in [6.07, 6.45) is 5.50. The molecular formula is C13H21N3O2. The van der Waals surface area contributed by atoms with Gasteiger partial charge in [-0.2, -0.15) is 5.10 Å². The second-order valence-electron chi connectivity index (χ2n) is 5.44. The summed E-state index contributed by atoms with van der Waals surface area (Å²) in [4.78, 5) is 15.9. The van der Waals surface area contributed by atoms with Crippen LogP contribution in [0.3, 0.4) is 0 Å². The lowest BCUT2D eigenvalue weighted by Gasteiger charge is -2.35. The minimum Gasteiger partial charge on any atom is -0.481 e. The Bertz CT molecular complexity index is 420. The molecule has 1 saturated carbocycles. The molecule has 0 bridgehead atoms. The van der Waals surface area contributed by atoms with Gasteiger partial charge < -0.3 is 5.11 Å². The fourth-order valence-electron chi connectivity index (χ4n) is 2.77. The van der Waals surface area contributed by atoms with Gasteiger partial charge in [-0.15, -0.1) is 0 Å².